The van der Waals surface area contributed by atoms with Crippen LogP contribution in [0.25, 0.3) is 11.0 Å². The Labute approximate surface area is 202 Å². The van der Waals surface area contributed by atoms with Gasteiger partial charge in [0.15, 0.2) is 5.65 Å². The lowest BCUT2D eigenvalue weighted by Crippen LogP contribution is -2.27. The molecule has 0 atom stereocenters. The normalized spacial score (nSPS) is 11.4. The van der Waals surface area contributed by atoms with Crippen molar-refractivity contribution in [2.24, 2.45) is 0 Å². The Kier molecular flexibility index (Phi) is 6.86. The number of alkyl halides is 3. The van der Waals surface area contributed by atoms with Gasteiger partial charge < -0.3 is 10.6 Å². The van der Waals surface area contributed by atoms with Crippen molar-refractivity contribution in [1.82, 2.24) is 24.6 Å². The van der Waals surface area contributed by atoms with E-state index in [1.54, 1.807) is 24.3 Å². The molecule has 2 N–H and O–H groups in total. The fraction of sp³-hybridized carbons (Fsp3) is 0.208. The Bertz CT molecular complexity index is 1480. The zero-order valence-corrected chi connectivity index (χ0v) is 19.0. The summed E-state index contributed by atoms with van der Waals surface area (Å²) in [6.07, 6.45) is -1.87. The van der Waals surface area contributed by atoms with Gasteiger partial charge in [-0.05, 0) is 42.0 Å². The van der Waals surface area contributed by atoms with Crippen LogP contribution in [0.2, 0.25) is 0 Å². The highest BCUT2D eigenvalue weighted by Crippen LogP contribution is 2.29. The number of halogens is 3. The summed E-state index contributed by atoms with van der Waals surface area (Å²) in [5.74, 6) is -0.535. The summed E-state index contributed by atoms with van der Waals surface area (Å²) in [7, 11) is 0. The fourth-order valence-electron chi connectivity index (χ4n) is 3.60. The minimum Gasteiger partial charge on any atom is -0.350 e. The van der Waals surface area contributed by atoms with Crippen molar-refractivity contribution in [1.29, 1.82) is 0 Å². The van der Waals surface area contributed by atoms with Gasteiger partial charge in [0, 0.05) is 24.7 Å². The van der Waals surface area contributed by atoms with Crippen molar-refractivity contribution in [2.45, 2.75) is 26.2 Å². The van der Waals surface area contributed by atoms with Crippen LogP contribution in [0.5, 0.6) is 0 Å². The fourth-order valence-corrected chi connectivity index (χ4v) is 3.60. The highest BCUT2D eigenvalue weighted by molar-refractivity contribution is 5.95. The number of nitrogens with one attached hydrogen (secondary N) is 2. The molecular weight excluding hydrogens is 477 g/mol. The summed E-state index contributed by atoms with van der Waals surface area (Å²) in [5.41, 5.74) is 0.368. The molecule has 2 amide bonds. The number of rotatable bonds is 7. The average molecular weight is 498 g/mol. The molecule has 0 saturated heterocycles. The first-order valence-electron chi connectivity index (χ1n) is 10.8. The highest BCUT2D eigenvalue weighted by atomic mass is 19.4. The minimum absolute atomic E-state index is 0.0757. The molecule has 0 aliphatic rings. The standard InChI is InChI=1S/C24H21F3N6O3/c1-15(34)31-19-7-5-17(6-8-19)22(35)28-9-10-33-21-20(12-30-33)23(36)32(14-29-21)13-16-3-2-4-18(11-16)24(25,26)27/h2-8,11-12,14H,9-10,13H2,1H3,(H,28,35)(H,31,34). The largest absolute Gasteiger partial charge is 0.416 e. The SMILES string of the molecule is CC(=O)Nc1ccc(C(=O)NCCn2ncc3c(=O)n(Cc4cccc(C(F)(F)F)c4)cnc32)cc1. The molecule has 2 aromatic heterocycles. The molecule has 0 unspecified atom stereocenters. The summed E-state index contributed by atoms with van der Waals surface area (Å²) >= 11 is 0. The summed E-state index contributed by atoms with van der Waals surface area (Å²) < 4.78 is 41.6. The van der Waals surface area contributed by atoms with Crippen molar-refractivity contribution in [2.75, 3.05) is 11.9 Å². The first-order chi connectivity index (χ1) is 17.1. The van der Waals surface area contributed by atoms with Crippen LogP contribution < -0.4 is 16.2 Å². The third-order valence-corrected chi connectivity index (χ3v) is 5.31. The molecule has 36 heavy (non-hydrogen) atoms. The van der Waals surface area contributed by atoms with Crippen LogP contribution in [0.3, 0.4) is 0 Å². The number of aromatic nitrogens is 4. The molecule has 4 aromatic rings. The molecule has 0 radical (unpaired) electrons. The van der Waals surface area contributed by atoms with E-state index in [9.17, 15) is 27.6 Å². The van der Waals surface area contributed by atoms with Crippen molar-refractivity contribution in [3.63, 3.8) is 0 Å². The summed E-state index contributed by atoms with van der Waals surface area (Å²) in [5, 5.41) is 9.74. The van der Waals surface area contributed by atoms with Gasteiger partial charge in [0.1, 0.15) is 11.7 Å². The van der Waals surface area contributed by atoms with E-state index in [2.05, 4.69) is 20.7 Å². The van der Waals surface area contributed by atoms with Gasteiger partial charge in [0.05, 0.1) is 24.8 Å². The lowest BCUT2D eigenvalue weighted by Gasteiger charge is -2.10. The molecular formula is C24H21F3N6O3. The van der Waals surface area contributed by atoms with Crippen LogP contribution in [0.1, 0.15) is 28.4 Å². The Morgan fingerprint density at radius 3 is 2.53 bits per heavy atom. The molecule has 9 nitrogen and oxygen atoms in total. The third-order valence-electron chi connectivity index (χ3n) is 5.31. The lowest BCUT2D eigenvalue weighted by atomic mass is 10.1. The summed E-state index contributed by atoms with van der Waals surface area (Å²) in [6.45, 7) is 1.76. The van der Waals surface area contributed by atoms with Gasteiger partial charge >= 0.3 is 6.18 Å². The van der Waals surface area contributed by atoms with E-state index in [1.807, 2.05) is 0 Å². The maximum Gasteiger partial charge on any atom is 0.416 e. The number of anilines is 1. The van der Waals surface area contributed by atoms with Crippen molar-refractivity contribution in [3.05, 3.63) is 88.1 Å². The van der Waals surface area contributed by atoms with Crippen LogP contribution in [0.15, 0.2) is 65.8 Å². The van der Waals surface area contributed by atoms with Crippen LogP contribution >= 0.6 is 0 Å². The van der Waals surface area contributed by atoms with Crippen molar-refractivity contribution < 1.29 is 22.8 Å². The van der Waals surface area contributed by atoms with E-state index in [1.165, 1.54) is 40.8 Å². The van der Waals surface area contributed by atoms with E-state index in [0.717, 1.165) is 12.1 Å². The van der Waals surface area contributed by atoms with Gasteiger partial charge in [-0.2, -0.15) is 18.3 Å². The van der Waals surface area contributed by atoms with Gasteiger partial charge in [0.25, 0.3) is 11.5 Å². The quantitative estimate of drug-likeness (QED) is 0.407. The number of fused-ring (bicyclic) bond motifs is 1. The predicted molar refractivity (Wildman–Crippen MR) is 125 cm³/mol. The molecule has 2 heterocycles. The topological polar surface area (TPSA) is 111 Å². The Morgan fingerprint density at radius 1 is 1.08 bits per heavy atom. The molecule has 2 aromatic carbocycles. The maximum absolute atomic E-state index is 13.0. The number of hydrogen-bond donors (Lipinski definition) is 2. The van der Waals surface area contributed by atoms with Crippen LogP contribution in [-0.4, -0.2) is 37.7 Å². The molecule has 0 fully saturated rings. The van der Waals surface area contributed by atoms with Gasteiger partial charge in [-0.1, -0.05) is 12.1 Å². The van der Waals surface area contributed by atoms with E-state index in [4.69, 9.17) is 0 Å². The number of benzene rings is 2. The number of hydrogen-bond acceptors (Lipinski definition) is 5. The van der Waals surface area contributed by atoms with Crippen LogP contribution in [0.4, 0.5) is 18.9 Å². The van der Waals surface area contributed by atoms with Crippen molar-refractivity contribution >= 4 is 28.5 Å². The molecule has 0 spiro atoms. The number of nitrogens with zero attached hydrogens (tertiary/aromatic N) is 4. The maximum atomic E-state index is 13.0. The average Bonchev–Trinajstić information content (AvgIpc) is 3.24. The minimum atomic E-state index is -4.48. The van der Waals surface area contributed by atoms with Gasteiger partial charge in [0.2, 0.25) is 5.91 Å². The smallest absolute Gasteiger partial charge is 0.350 e. The molecule has 0 aliphatic carbocycles. The van der Waals surface area contributed by atoms with Crippen LogP contribution in [0, 0.1) is 0 Å². The van der Waals surface area contributed by atoms with Gasteiger partial charge in [-0.3, -0.25) is 19.0 Å². The number of carbonyl (C=O) groups is 2. The Morgan fingerprint density at radius 2 is 1.83 bits per heavy atom. The molecule has 0 bridgehead atoms. The Hall–Kier alpha value is -4.48. The molecule has 186 valence electrons. The second kappa shape index (κ2) is 10.0. The number of carbonyl (C=O) groups excluding carboxylic acids is 2. The molecule has 4 rings (SSSR count). The lowest BCUT2D eigenvalue weighted by molar-refractivity contribution is -0.137. The summed E-state index contributed by atoms with van der Waals surface area (Å²) in [6, 6.07) is 11.2. The second-order valence-electron chi connectivity index (χ2n) is 8.00. The third kappa shape index (κ3) is 5.59. The van der Waals surface area contributed by atoms with Crippen molar-refractivity contribution in [3.8, 4) is 0 Å². The Balaban J connectivity index is 1.41. The molecule has 0 saturated carbocycles. The molecule has 12 heteroatoms. The second-order valence-corrected chi connectivity index (χ2v) is 8.00. The monoisotopic (exact) mass is 498 g/mol. The van der Waals surface area contributed by atoms with Gasteiger partial charge in [-0.15, -0.1) is 0 Å². The first kappa shape index (κ1) is 24.6. The van der Waals surface area contributed by atoms with E-state index < -0.39 is 17.3 Å². The summed E-state index contributed by atoms with van der Waals surface area (Å²) in [4.78, 5) is 40.5. The van der Waals surface area contributed by atoms with E-state index in [0.29, 0.717) is 22.5 Å². The highest BCUT2D eigenvalue weighted by Gasteiger charge is 2.30. The zero-order chi connectivity index (χ0) is 25.9. The zero-order valence-electron chi connectivity index (χ0n) is 19.0. The van der Waals surface area contributed by atoms with Crippen LogP contribution in [-0.2, 0) is 24.1 Å². The predicted octanol–water partition coefficient (Wildman–Crippen LogP) is 3.05. The first-order valence-corrected chi connectivity index (χ1v) is 10.8. The number of amides is 2. The van der Waals surface area contributed by atoms with Gasteiger partial charge in [-0.25, -0.2) is 9.67 Å². The van der Waals surface area contributed by atoms with E-state index >= 15 is 0 Å². The van der Waals surface area contributed by atoms with E-state index in [-0.39, 0.29) is 36.8 Å². The molecule has 0 aliphatic heterocycles.